The van der Waals surface area contributed by atoms with Crippen LogP contribution in [-0.4, -0.2) is 20.9 Å². The molecule has 0 bridgehead atoms. The molecule has 1 rings (SSSR count). The largest absolute Gasteiger partial charge is 0.481 e. The van der Waals surface area contributed by atoms with E-state index in [1.165, 1.54) is 10.9 Å². The van der Waals surface area contributed by atoms with Crippen molar-refractivity contribution in [1.29, 1.82) is 0 Å². The Hall–Kier alpha value is -0.980. The van der Waals surface area contributed by atoms with Gasteiger partial charge < -0.3 is 5.11 Å². The van der Waals surface area contributed by atoms with E-state index in [9.17, 15) is 13.6 Å². The molecule has 0 saturated heterocycles. The fourth-order valence-electron chi connectivity index (χ4n) is 1.10. The number of aromatic nitrogens is 2. The zero-order valence-electron chi connectivity index (χ0n) is 7.82. The molecule has 1 atom stereocenters. The molecule has 15 heavy (non-hydrogen) atoms. The maximum atomic E-state index is 12.3. The third-order valence-electron chi connectivity index (χ3n) is 1.84. The van der Waals surface area contributed by atoms with E-state index in [2.05, 4.69) is 21.0 Å². The van der Waals surface area contributed by atoms with E-state index in [0.29, 0.717) is 0 Å². The lowest BCUT2D eigenvalue weighted by Crippen LogP contribution is -2.11. The molecule has 0 radical (unpaired) electrons. The molecule has 1 aromatic rings. The monoisotopic (exact) mass is 282 g/mol. The molecule has 1 heterocycles. The third-order valence-corrected chi connectivity index (χ3v) is 2.45. The minimum absolute atomic E-state index is 0.156. The van der Waals surface area contributed by atoms with E-state index < -0.39 is 18.4 Å². The van der Waals surface area contributed by atoms with Crippen molar-refractivity contribution in [1.82, 2.24) is 9.78 Å². The number of aliphatic carboxylic acids is 1. The summed E-state index contributed by atoms with van der Waals surface area (Å²) >= 11 is 2.94. The SMILES string of the molecule is C[C@@H](CC(=O)O)n1cc(Br)c(C(F)F)n1. The van der Waals surface area contributed by atoms with Crippen LogP contribution in [0.15, 0.2) is 10.7 Å². The Labute approximate surface area is 93.0 Å². The molecule has 0 saturated carbocycles. The quantitative estimate of drug-likeness (QED) is 0.924. The number of hydrogen-bond donors (Lipinski definition) is 1. The molecule has 0 unspecified atom stereocenters. The molecule has 7 heteroatoms. The number of alkyl halides is 2. The van der Waals surface area contributed by atoms with E-state index in [-0.39, 0.29) is 16.6 Å². The van der Waals surface area contributed by atoms with Gasteiger partial charge in [-0.3, -0.25) is 9.48 Å². The summed E-state index contributed by atoms with van der Waals surface area (Å²) in [7, 11) is 0. The molecule has 0 aliphatic heterocycles. The van der Waals surface area contributed by atoms with Gasteiger partial charge in [0.25, 0.3) is 6.43 Å². The average molecular weight is 283 g/mol. The van der Waals surface area contributed by atoms with Crippen molar-refractivity contribution in [3.8, 4) is 0 Å². The van der Waals surface area contributed by atoms with Crippen molar-refractivity contribution >= 4 is 21.9 Å². The molecule has 0 spiro atoms. The minimum atomic E-state index is -2.67. The standard InChI is InChI=1S/C8H9BrF2N2O2/c1-4(2-6(14)15)13-3-5(9)7(12-13)8(10)11/h3-4,8H,2H2,1H3,(H,14,15)/t4-/m0/s1. The zero-order chi connectivity index (χ0) is 11.6. The van der Waals surface area contributed by atoms with Crippen molar-refractivity contribution in [2.75, 3.05) is 0 Å². The first-order valence-electron chi connectivity index (χ1n) is 4.16. The first-order chi connectivity index (χ1) is 6.91. The molecule has 1 aromatic heterocycles. The van der Waals surface area contributed by atoms with Crippen LogP contribution in [0.4, 0.5) is 8.78 Å². The Bertz CT molecular complexity index is 368. The number of halogens is 3. The van der Waals surface area contributed by atoms with Crippen LogP contribution in [-0.2, 0) is 4.79 Å². The molecule has 4 nitrogen and oxygen atoms in total. The highest BCUT2D eigenvalue weighted by Gasteiger charge is 2.19. The van der Waals surface area contributed by atoms with Crippen LogP contribution in [0, 0.1) is 0 Å². The summed E-state index contributed by atoms with van der Waals surface area (Å²) in [6.07, 6.45) is -1.47. The van der Waals surface area contributed by atoms with Gasteiger partial charge in [-0.05, 0) is 22.9 Å². The van der Waals surface area contributed by atoms with Gasteiger partial charge >= 0.3 is 5.97 Å². The highest BCUT2D eigenvalue weighted by molar-refractivity contribution is 9.10. The van der Waals surface area contributed by atoms with Crippen molar-refractivity contribution in [2.24, 2.45) is 0 Å². The van der Waals surface area contributed by atoms with Crippen LogP contribution in [0.2, 0.25) is 0 Å². The van der Waals surface area contributed by atoms with Crippen molar-refractivity contribution < 1.29 is 18.7 Å². The number of nitrogens with zero attached hydrogens (tertiary/aromatic N) is 2. The molecule has 0 aromatic carbocycles. The fraction of sp³-hybridized carbons (Fsp3) is 0.500. The Balaban J connectivity index is 2.87. The molecule has 0 amide bonds. The number of carbonyl (C=O) groups is 1. The second-order valence-corrected chi connectivity index (χ2v) is 3.94. The van der Waals surface area contributed by atoms with Gasteiger partial charge in [-0.1, -0.05) is 0 Å². The second kappa shape index (κ2) is 4.69. The van der Waals surface area contributed by atoms with Crippen LogP contribution in [0.1, 0.15) is 31.5 Å². The van der Waals surface area contributed by atoms with Gasteiger partial charge in [-0.25, -0.2) is 8.78 Å². The van der Waals surface area contributed by atoms with E-state index in [0.717, 1.165) is 0 Å². The average Bonchev–Trinajstić information content (AvgIpc) is 2.46. The second-order valence-electron chi connectivity index (χ2n) is 3.09. The van der Waals surface area contributed by atoms with Crippen LogP contribution < -0.4 is 0 Å². The summed E-state index contributed by atoms with van der Waals surface area (Å²) in [5.41, 5.74) is -0.368. The molecule has 84 valence electrons. The molecule has 0 aliphatic rings. The maximum absolute atomic E-state index is 12.3. The van der Waals surface area contributed by atoms with Crippen LogP contribution in [0.5, 0.6) is 0 Å². The van der Waals surface area contributed by atoms with Crippen molar-refractivity contribution in [2.45, 2.75) is 25.8 Å². The minimum Gasteiger partial charge on any atom is -0.481 e. The highest BCUT2D eigenvalue weighted by atomic mass is 79.9. The van der Waals surface area contributed by atoms with E-state index in [1.807, 2.05) is 0 Å². The van der Waals surface area contributed by atoms with Gasteiger partial charge in [-0.2, -0.15) is 5.10 Å². The summed E-state index contributed by atoms with van der Waals surface area (Å²) in [5, 5.41) is 12.1. The zero-order valence-corrected chi connectivity index (χ0v) is 9.41. The summed E-state index contributed by atoms with van der Waals surface area (Å²) in [6, 6.07) is -0.452. The van der Waals surface area contributed by atoms with Crippen LogP contribution >= 0.6 is 15.9 Å². The predicted octanol–water partition coefficient (Wildman–Crippen LogP) is 2.62. The fourth-order valence-corrected chi connectivity index (χ4v) is 1.57. The summed E-state index contributed by atoms with van der Waals surface area (Å²) in [4.78, 5) is 10.4. The lowest BCUT2D eigenvalue weighted by Gasteiger charge is -2.08. The molecule has 0 aliphatic carbocycles. The van der Waals surface area contributed by atoms with Crippen molar-refractivity contribution in [3.63, 3.8) is 0 Å². The third kappa shape index (κ3) is 2.98. The normalized spacial score (nSPS) is 13.1. The lowest BCUT2D eigenvalue weighted by atomic mass is 10.2. The van der Waals surface area contributed by atoms with E-state index in [4.69, 9.17) is 5.11 Å². The Morgan fingerprint density at radius 1 is 1.73 bits per heavy atom. The predicted molar refractivity (Wildman–Crippen MR) is 51.8 cm³/mol. The molecule has 0 fully saturated rings. The van der Waals surface area contributed by atoms with Gasteiger partial charge in [-0.15, -0.1) is 0 Å². The van der Waals surface area contributed by atoms with Crippen LogP contribution in [0.3, 0.4) is 0 Å². The maximum Gasteiger partial charge on any atom is 0.305 e. The van der Waals surface area contributed by atoms with Gasteiger partial charge in [0, 0.05) is 6.20 Å². The molecule has 1 N–H and O–H groups in total. The lowest BCUT2D eigenvalue weighted by molar-refractivity contribution is -0.137. The van der Waals surface area contributed by atoms with Gasteiger partial charge in [0.1, 0.15) is 5.69 Å². The number of carboxylic acids is 1. The van der Waals surface area contributed by atoms with E-state index >= 15 is 0 Å². The van der Waals surface area contributed by atoms with E-state index in [1.54, 1.807) is 6.92 Å². The summed E-state index contributed by atoms with van der Waals surface area (Å²) < 4.78 is 26.1. The Kier molecular flexibility index (Phi) is 3.78. The highest BCUT2D eigenvalue weighted by Crippen LogP contribution is 2.27. The summed E-state index contributed by atoms with van der Waals surface area (Å²) in [5.74, 6) is -0.993. The Morgan fingerprint density at radius 3 is 2.73 bits per heavy atom. The summed E-state index contributed by atoms with van der Waals surface area (Å²) in [6.45, 7) is 1.60. The van der Waals surface area contributed by atoms with Crippen molar-refractivity contribution in [3.05, 3.63) is 16.4 Å². The topological polar surface area (TPSA) is 55.1 Å². The number of hydrogen-bond acceptors (Lipinski definition) is 2. The van der Waals surface area contributed by atoms with Gasteiger partial charge in [0.15, 0.2) is 0 Å². The molecular formula is C8H9BrF2N2O2. The van der Waals surface area contributed by atoms with Gasteiger partial charge in [0.2, 0.25) is 0 Å². The number of rotatable bonds is 4. The van der Waals surface area contributed by atoms with Gasteiger partial charge in [0.05, 0.1) is 16.9 Å². The smallest absolute Gasteiger partial charge is 0.305 e. The Morgan fingerprint density at radius 2 is 2.33 bits per heavy atom. The molecular weight excluding hydrogens is 274 g/mol. The van der Waals surface area contributed by atoms with Crippen LogP contribution in [0.25, 0.3) is 0 Å². The first kappa shape index (κ1) is 12.1. The first-order valence-corrected chi connectivity index (χ1v) is 4.95. The number of carboxylic acid groups (broad SMARTS) is 1.